The zero-order valence-electron chi connectivity index (χ0n) is 11.5. The van der Waals surface area contributed by atoms with E-state index in [-0.39, 0.29) is 12.0 Å². The van der Waals surface area contributed by atoms with Gasteiger partial charge in [-0.15, -0.1) is 0 Å². The van der Waals surface area contributed by atoms with E-state index in [0.29, 0.717) is 18.9 Å². The summed E-state index contributed by atoms with van der Waals surface area (Å²) in [7, 11) is 0. The second-order valence-electron chi connectivity index (χ2n) is 4.93. The molecule has 20 heavy (non-hydrogen) atoms. The highest BCUT2D eigenvalue weighted by Crippen LogP contribution is 2.11. The Bertz CT molecular complexity index is 497. The summed E-state index contributed by atoms with van der Waals surface area (Å²) in [5, 5.41) is 20.5. The lowest BCUT2D eigenvalue weighted by atomic mass is 10.0. The van der Waals surface area contributed by atoms with Crippen molar-refractivity contribution in [3.63, 3.8) is 0 Å². The van der Waals surface area contributed by atoms with E-state index in [2.05, 4.69) is 5.32 Å². The Morgan fingerprint density at radius 3 is 2.90 bits per heavy atom. The predicted molar refractivity (Wildman–Crippen MR) is 73.5 cm³/mol. The minimum absolute atomic E-state index is 0.0547. The molecule has 0 aliphatic rings. The Morgan fingerprint density at radius 2 is 2.25 bits per heavy atom. The fourth-order valence-corrected chi connectivity index (χ4v) is 1.86. The molecule has 1 rings (SSSR count). The summed E-state index contributed by atoms with van der Waals surface area (Å²) in [4.78, 5) is 10.4. The van der Waals surface area contributed by atoms with Crippen LogP contribution in [-0.4, -0.2) is 17.6 Å². The summed E-state index contributed by atoms with van der Waals surface area (Å²) in [5.74, 6) is -0.916. The van der Waals surface area contributed by atoms with Crippen LogP contribution in [0.1, 0.15) is 37.3 Å². The van der Waals surface area contributed by atoms with Crippen LogP contribution in [0.15, 0.2) is 18.2 Å². The average molecular weight is 278 g/mol. The standard InChI is InChI=1S/C15H19FN2O2/c1-11(2-5-15(19)20)6-7-18-10-12-3-4-14(16)13(8-12)9-17/h3-4,8,11,18H,2,5-7,10H2,1H3,(H,19,20). The molecule has 0 saturated carbocycles. The lowest BCUT2D eigenvalue weighted by Crippen LogP contribution is -2.17. The van der Waals surface area contributed by atoms with Crippen molar-refractivity contribution in [3.05, 3.63) is 35.1 Å². The van der Waals surface area contributed by atoms with Crippen molar-refractivity contribution in [2.75, 3.05) is 6.54 Å². The van der Waals surface area contributed by atoms with E-state index >= 15 is 0 Å². The first-order valence-electron chi connectivity index (χ1n) is 6.64. The van der Waals surface area contributed by atoms with Gasteiger partial charge >= 0.3 is 5.97 Å². The third-order valence-electron chi connectivity index (χ3n) is 3.15. The summed E-state index contributed by atoms with van der Waals surface area (Å²) in [5.41, 5.74) is 0.917. The number of halogens is 1. The van der Waals surface area contributed by atoms with Gasteiger partial charge in [-0.3, -0.25) is 4.79 Å². The lowest BCUT2D eigenvalue weighted by molar-refractivity contribution is -0.137. The molecule has 0 radical (unpaired) electrons. The van der Waals surface area contributed by atoms with Crippen molar-refractivity contribution in [1.82, 2.24) is 5.32 Å². The highest BCUT2D eigenvalue weighted by Gasteiger charge is 2.06. The number of nitriles is 1. The molecular weight excluding hydrogens is 259 g/mol. The van der Waals surface area contributed by atoms with Gasteiger partial charge in [-0.05, 0) is 43.0 Å². The van der Waals surface area contributed by atoms with Crippen molar-refractivity contribution in [2.45, 2.75) is 32.7 Å². The third-order valence-corrected chi connectivity index (χ3v) is 3.15. The van der Waals surface area contributed by atoms with Gasteiger partial charge in [0.2, 0.25) is 0 Å². The molecule has 1 aromatic rings. The number of nitrogens with one attached hydrogen (secondary N) is 1. The van der Waals surface area contributed by atoms with E-state index in [4.69, 9.17) is 10.4 Å². The van der Waals surface area contributed by atoms with Crippen molar-refractivity contribution in [2.24, 2.45) is 5.92 Å². The molecule has 0 amide bonds. The maximum Gasteiger partial charge on any atom is 0.303 e. The number of nitrogens with zero attached hydrogens (tertiary/aromatic N) is 1. The second kappa shape index (κ2) is 8.28. The monoisotopic (exact) mass is 278 g/mol. The highest BCUT2D eigenvalue weighted by molar-refractivity contribution is 5.66. The first-order chi connectivity index (χ1) is 9.52. The summed E-state index contributed by atoms with van der Waals surface area (Å²) >= 11 is 0. The van der Waals surface area contributed by atoms with E-state index in [1.165, 1.54) is 12.1 Å². The zero-order chi connectivity index (χ0) is 15.0. The number of rotatable bonds is 8. The van der Waals surface area contributed by atoms with Crippen LogP contribution in [0.5, 0.6) is 0 Å². The van der Waals surface area contributed by atoms with Gasteiger partial charge in [0.1, 0.15) is 11.9 Å². The molecular formula is C15H19FN2O2. The number of carboxylic acids is 1. The second-order valence-corrected chi connectivity index (χ2v) is 4.93. The Morgan fingerprint density at radius 1 is 1.50 bits per heavy atom. The van der Waals surface area contributed by atoms with Gasteiger partial charge in [0.05, 0.1) is 5.56 Å². The van der Waals surface area contributed by atoms with Crippen molar-refractivity contribution >= 4 is 5.97 Å². The number of carboxylic acid groups (broad SMARTS) is 1. The fraction of sp³-hybridized carbons (Fsp3) is 0.467. The number of benzene rings is 1. The average Bonchev–Trinajstić information content (AvgIpc) is 2.43. The molecule has 4 nitrogen and oxygen atoms in total. The smallest absolute Gasteiger partial charge is 0.303 e. The molecule has 0 spiro atoms. The van der Waals surface area contributed by atoms with Crippen LogP contribution in [0.4, 0.5) is 4.39 Å². The normalized spacial score (nSPS) is 11.8. The first kappa shape index (κ1) is 16.1. The van der Waals surface area contributed by atoms with Gasteiger partial charge in [-0.25, -0.2) is 4.39 Å². The molecule has 2 N–H and O–H groups in total. The van der Waals surface area contributed by atoms with Crippen LogP contribution in [0.2, 0.25) is 0 Å². The molecule has 0 bridgehead atoms. The maximum atomic E-state index is 13.1. The molecule has 0 heterocycles. The summed E-state index contributed by atoms with van der Waals surface area (Å²) in [6.45, 7) is 3.36. The van der Waals surface area contributed by atoms with E-state index in [1.807, 2.05) is 13.0 Å². The number of hydrogen-bond donors (Lipinski definition) is 2. The van der Waals surface area contributed by atoms with Crippen molar-refractivity contribution < 1.29 is 14.3 Å². The van der Waals surface area contributed by atoms with Gasteiger partial charge in [-0.1, -0.05) is 13.0 Å². The van der Waals surface area contributed by atoms with Gasteiger partial charge in [0, 0.05) is 13.0 Å². The van der Waals surface area contributed by atoms with Gasteiger partial charge in [-0.2, -0.15) is 5.26 Å². The van der Waals surface area contributed by atoms with Crippen LogP contribution in [-0.2, 0) is 11.3 Å². The Hall–Kier alpha value is -1.93. The number of aliphatic carboxylic acids is 1. The van der Waals surface area contributed by atoms with Crippen LogP contribution in [0.3, 0.4) is 0 Å². The van der Waals surface area contributed by atoms with Crippen LogP contribution >= 0.6 is 0 Å². The van der Waals surface area contributed by atoms with Crippen LogP contribution in [0, 0.1) is 23.1 Å². The molecule has 0 saturated heterocycles. The van der Waals surface area contributed by atoms with E-state index < -0.39 is 11.8 Å². The molecule has 1 aromatic carbocycles. The topological polar surface area (TPSA) is 73.1 Å². The molecule has 5 heteroatoms. The van der Waals surface area contributed by atoms with Crippen molar-refractivity contribution in [1.29, 1.82) is 5.26 Å². The Balaban J connectivity index is 2.28. The summed E-state index contributed by atoms with van der Waals surface area (Å²) in [6.07, 6.45) is 1.76. The molecule has 0 fully saturated rings. The van der Waals surface area contributed by atoms with Crippen LogP contribution in [0.25, 0.3) is 0 Å². The molecule has 0 aliphatic heterocycles. The number of carbonyl (C=O) groups is 1. The quantitative estimate of drug-likeness (QED) is 0.717. The maximum absolute atomic E-state index is 13.1. The van der Waals surface area contributed by atoms with Gasteiger partial charge in [0.15, 0.2) is 0 Å². The molecule has 108 valence electrons. The van der Waals surface area contributed by atoms with E-state index in [9.17, 15) is 9.18 Å². The van der Waals surface area contributed by atoms with Crippen LogP contribution < -0.4 is 5.32 Å². The minimum atomic E-state index is -0.764. The Kier molecular flexibility index (Phi) is 6.68. The van der Waals surface area contributed by atoms with E-state index in [0.717, 1.165) is 18.5 Å². The largest absolute Gasteiger partial charge is 0.481 e. The fourth-order valence-electron chi connectivity index (χ4n) is 1.86. The zero-order valence-corrected chi connectivity index (χ0v) is 11.5. The molecule has 1 atom stereocenters. The lowest BCUT2D eigenvalue weighted by Gasteiger charge is -2.11. The molecule has 0 aromatic heterocycles. The predicted octanol–water partition coefficient (Wildman–Crippen LogP) is 2.68. The van der Waals surface area contributed by atoms with Crippen molar-refractivity contribution in [3.8, 4) is 6.07 Å². The molecule has 1 unspecified atom stereocenters. The first-order valence-corrected chi connectivity index (χ1v) is 6.64. The highest BCUT2D eigenvalue weighted by atomic mass is 19.1. The summed E-state index contributed by atoms with van der Waals surface area (Å²) in [6, 6.07) is 6.30. The van der Waals surface area contributed by atoms with Gasteiger partial charge < -0.3 is 10.4 Å². The third kappa shape index (κ3) is 5.81. The SMILES string of the molecule is CC(CCNCc1ccc(F)c(C#N)c1)CCC(=O)O. The number of hydrogen-bond acceptors (Lipinski definition) is 3. The summed E-state index contributed by atoms with van der Waals surface area (Å²) < 4.78 is 13.1. The molecule has 0 aliphatic carbocycles. The minimum Gasteiger partial charge on any atom is -0.481 e. The van der Waals surface area contributed by atoms with Gasteiger partial charge in [0.25, 0.3) is 0 Å². The van der Waals surface area contributed by atoms with E-state index in [1.54, 1.807) is 6.07 Å². The Labute approximate surface area is 118 Å².